The molecule has 0 aromatic rings. The van der Waals surface area contributed by atoms with Gasteiger partial charge in [-0.05, 0) is 19.8 Å². The molecule has 1 aliphatic carbocycles. The highest BCUT2D eigenvalue weighted by Gasteiger charge is 2.23. The van der Waals surface area contributed by atoms with E-state index < -0.39 is 0 Å². The maximum Gasteiger partial charge on any atom is 0.223 e. The summed E-state index contributed by atoms with van der Waals surface area (Å²) in [5, 5.41) is 11.5. The van der Waals surface area contributed by atoms with Crippen molar-refractivity contribution in [2.24, 2.45) is 5.92 Å². The molecule has 1 aliphatic rings. The number of amides is 1. The van der Waals surface area contributed by atoms with E-state index in [1.807, 2.05) is 6.92 Å². The fraction of sp³-hybridized carbons (Fsp3) is 0.889. The van der Waals surface area contributed by atoms with Gasteiger partial charge in [-0.25, -0.2) is 0 Å². The SMILES string of the molecule is CC(CO)NC(=O)C1CCCC1. The molecule has 1 rings (SSSR count). The molecule has 12 heavy (non-hydrogen) atoms. The molecule has 1 amide bonds. The minimum atomic E-state index is -0.0990. The maximum atomic E-state index is 11.4. The average molecular weight is 171 g/mol. The summed E-state index contributed by atoms with van der Waals surface area (Å²) in [4.78, 5) is 11.4. The van der Waals surface area contributed by atoms with Crippen LogP contribution in [0.2, 0.25) is 0 Å². The van der Waals surface area contributed by atoms with E-state index >= 15 is 0 Å². The fourth-order valence-electron chi connectivity index (χ4n) is 1.59. The summed E-state index contributed by atoms with van der Waals surface area (Å²) < 4.78 is 0. The van der Waals surface area contributed by atoms with E-state index in [1.165, 1.54) is 12.8 Å². The first-order valence-electron chi connectivity index (χ1n) is 4.65. The van der Waals surface area contributed by atoms with Crippen LogP contribution in [0.1, 0.15) is 32.6 Å². The molecule has 0 heterocycles. The van der Waals surface area contributed by atoms with E-state index in [1.54, 1.807) is 0 Å². The van der Waals surface area contributed by atoms with Crippen LogP contribution < -0.4 is 5.32 Å². The van der Waals surface area contributed by atoms with Gasteiger partial charge in [0.1, 0.15) is 0 Å². The number of nitrogens with one attached hydrogen (secondary N) is 1. The molecule has 2 N–H and O–H groups in total. The van der Waals surface area contributed by atoms with E-state index in [-0.39, 0.29) is 24.5 Å². The number of aliphatic hydroxyl groups is 1. The average Bonchev–Trinajstić information content (AvgIpc) is 2.56. The molecule has 0 aromatic heterocycles. The van der Waals surface area contributed by atoms with Gasteiger partial charge in [0.25, 0.3) is 0 Å². The summed E-state index contributed by atoms with van der Waals surface area (Å²) in [5.74, 6) is 0.327. The molecule has 70 valence electrons. The first-order valence-corrected chi connectivity index (χ1v) is 4.65. The molecular formula is C9H17NO2. The lowest BCUT2D eigenvalue weighted by atomic mass is 10.1. The van der Waals surface area contributed by atoms with Crippen LogP contribution in [0.3, 0.4) is 0 Å². The van der Waals surface area contributed by atoms with Crippen molar-refractivity contribution in [3.05, 3.63) is 0 Å². The number of carbonyl (C=O) groups is 1. The van der Waals surface area contributed by atoms with E-state index in [9.17, 15) is 4.79 Å². The molecule has 0 spiro atoms. The lowest BCUT2D eigenvalue weighted by molar-refractivity contribution is -0.125. The van der Waals surface area contributed by atoms with E-state index in [2.05, 4.69) is 5.32 Å². The lowest BCUT2D eigenvalue weighted by Crippen LogP contribution is -2.38. The van der Waals surface area contributed by atoms with Gasteiger partial charge in [0.05, 0.1) is 6.61 Å². The summed E-state index contributed by atoms with van der Waals surface area (Å²) >= 11 is 0. The van der Waals surface area contributed by atoms with Crippen LogP contribution in [0.4, 0.5) is 0 Å². The summed E-state index contributed by atoms with van der Waals surface area (Å²) in [6.07, 6.45) is 4.38. The van der Waals surface area contributed by atoms with Crippen LogP contribution in [-0.2, 0) is 4.79 Å². The molecule has 3 heteroatoms. The first kappa shape index (κ1) is 9.52. The second-order valence-electron chi connectivity index (χ2n) is 3.57. The van der Waals surface area contributed by atoms with Crippen molar-refractivity contribution in [3.8, 4) is 0 Å². The van der Waals surface area contributed by atoms with Crippen LogP contribution >= 0.6 is 0 Å². The molecule has 3 nitrogen and oxygen atoms in total. The smallest absolute Gasteiger partial charge is 0.223 e. The quantitative estimate of drug-likeness (QED) is 0.656. The van der Waals surface area contributed by atoms with Crippen LogP contribution in [0.25, 0.3) is 0 Å². The van der Waals surface area contributed by atoms with Crippen molar-refractivity contribution in [2.45, 2.75) is 38.6 Å². The third-order valence-corrected chi connectivity index (χ3v) is 2.39. The summed E-state index contributed by atoms with van der Waals surface area (Å²) in [5.41, 5.74) is 0. The van der Waals surface area contributed by atoms with Crippen LogP contribution in [-0.4, -0.2) is 23.7 Å². The van der Waals surface area contributed by atoms with Crippen molar-refractivity contribution < 1.29 is 9.90 Å². The van der Waals surface area contributed by atoms with Gasteiger partial charge < -0.3 is 10.4 Å². The zero-order chi connectivity index (χ0) is 8.97. The fourth-order valence-corrected chi connectivity index (χ4v) is 1.59. The number of aliphatic hydroxyl groups excluding tert-OH is 1. The Morgan fingerprint density at radius 1 is 1.58 bits per heavy atom. The van der Waals surface area contributed by atoms with Crippen molar-refractivity contribution in [1.82, 2.24) is 5.32 Å². The monoisotopic (exact) mass is 171 g/mol. The number of hydrogen-bond acceptors (Lipinski definition) is 2. The van der Waals surface area contributed by atoms with Gasteiger partial charge in [0, 0.05) is 12.0 Å². The summed E-state index contributed by atoms with van der Waals surface area (Å²) in [6, 6.07) is -0.0990. The maximum absolute atomic E-state index is 11.4. The Balaban J connectivity index is 2.27. The molecule has 1 atom stereocenters. The predicted molar refractivity (Wildman–Crippen MR) is 46.6 cm³/mol. The van der Waals surface area contributed by atoms with Gasteiger partial charge in [-0.15, -0.1) is 0 Å². The molecule has 1 fully saturated rings. The highest BCUT2D eigenvalue weighted by atomic mass is 16.3. The highest BCUT2D eigenvalue weighted by molar-refractivity contribution is 5.79. The van der Waals surface area contributed by atoms with Crippen molar-refractivity contribution in [2.75, 3.05) is 6.61 Å². The molecule has 0 radical (unpaired) electrons. The number of hydrogen-bond donors (Lipinski definition) is 2. The third kappa shape index (κ3) is 2.48. The highest BCUT2D eigenvalue weighted by Crippen LogP contribution is 2.24. The summed E-state index contributed by atoms with van der Waals surface area (Å²) in [6.45, 7) is 1.84. The van der Waals surface area contributed by atoms with Crippen molar-refractivity contribution >= 4 is 5.91 Å². The van der Waals surface area contributed by atoms with Gasteiger partial charge in [0.2, 0.25) is 5.91 Å². The Bertz CT molecular complexity index is 153. The van der Waals surface area contributed by atoms with Gasteiger partial charge in [-0.3, -0.25) is 4.79 Å². The van der Waals surface area contributed by atoms with E-state index in [4.69, 9.17) is 5.11 Å². The Hall–Kier alpha value is -0.570. The number of carbonyl (C=O) groups excluding carboxylic acids is 1. The van der Waals surface area contributed by atoms with Crippen molar-refractivity contribution in [3.63, 3.8) is 0 Å². The van der Waals surface area contributed by atoms with E-state index in [0.717, 1.165) is 12.8 Å². The molecular weight excluding hydrogens is 154 g/mol. The summed E-state index contributed by atoms with van der Waals surface area (Å²) in [7, 11) is 0. The predicted octanol–water partition coefficient (Wildman–Crippen LogP) is 0.674. The third-order valence-electron chi connectivity index (χ3n) is 2.39. The van der Waals surface area contributed by atoms with Crippen LogP contribution in [0.15, 0.2) is 0 Å². The minimum Gasteiger partial charge on any atom is -0.394 e. The molecule has 0 aliphatic heterocycles. The number of rotatable bonds is 3. The van der Waals surface area contributed by atoms with Gasteiger partial charge in [-0.2, -0.15) is 0 Å². The largest absolute Gasteiger partial charge is 0.394 e. The second kappa shape index (κ2) is 4.45. The zero-order valence-electron chi connectivity index (χ0n) is 7.55. The standard InChI is InChI=1S/C9H17NO2/c1-7(6-11)10-9(12)8-4-2-3-5-8/h7-8,11H,2-6H2,1H3,(H,10,12). The van der Waals surface area contributed by atoms with Gasteiger partial charge in [-0.1, -0.05) is 12.8 Å². The van der Waals surface area contributed by atoms with Crippen LogP contribution in [0, 0.1) is 5.92 Å². The molecule has 0 bridgehead atoms. The zero-order valence-corrected chi connectivity index (χ0v) is 7.55. The van der Waals surface area contributed by atoms with Gasteiger partial charge in [0.15, 0.2) is 0 Å². The molecule has 1 saturated carbocycles. The van der Waals surface area contributed by atoms with Crippen molar-refractivity contribution in [1.29, 1.82) is 0 Å². The molecule has 0 aromatic carbocycles. The lowest BCUT2D eigenvalue weighted by Gasteiger charge is -2.14. The van der Waals surface area contributed by atoms with Gasteiger partial charge >= 0.3 is 0 Å². The van der Waals surface area contributed by atoms with E-state index in [0.29, 0.717) is 0 Å². The first-order chi connectivity index (χ1) is 5.74. The molecule has 1 unspecified atom stereocenters. The van der Waals surface area contributed by atoms with Crippen LogP contribution in [0.5, 0.6) is 0 Å². The Labute approximate surface area is 73.2 Å². The second-order valence-corrected chi connectivity index (χ2v) is 3.57. The minimum absolute atomic E-state index is 0.0262. The topological polar surface area (TPSA) is 49.3 Å². The Morgan fingerprint density at radius 2 is 2.17 bits per heavy atom. The molecule has 0 saturated heterocycles. The Kier molecular flexibility index (Phi) is 3.53. The normalized spacial score (nSPS) is 20.8. The Morgan fingerprint density at radius 3 is 2.67 bits per heavy atom.